The molecule has 22 heavy (non-hydrogen) atoms. The van der Waals surface area contributed by atoms with Crippen molar-refractivity contribution in [2.24, 2.45) is 11.8 Å². The van der Waals surface area contributed by atoms with Crippen molar-refractivity contribution < 1.29 is 14.3 Å². The summed E-state index contributed by atoms with van der Waals surface area (Å²) in [5.41, 5.74) is 0.721. The average Bonchev–Trinajstić information content (AvgIpc) is 2.49. The van der Waals surface area contributed by atoms with Gasteiger partial charge < -0.3 is 10.1 Å². The van der Waals surface area contributed by atoms with Crippen molar-refractivity contribution in [3.8, 4) is 5.75 Å². The van der Waals surface area contributed by atoms with Gasteiger partial charge in [-0.05, 0) is 12.1 Å². The third-order valence-electron chi connectivity index (χ3n) is 3.35. The number of hydrogen-bond donors (Lipinski definition) is 1. The summed E-state index contributed by atoms with van der Waals surface area (Å²) in [5, 5.41) is 4.56. The highest BCUT2D eigenvalue weighted by Crippen LogP contribution is 2.32. The summed E-state index contributed by atoms with van der Waals surface area (Å²) in [6, 6.07) is 11.0. The molecule has 0 saturated carbocycles. The first-order valence-electron chi connectivity index (χ1n) is 7.44. The van der Waals surface area contributed by atoms with Gasteiger partial charge in [0, 0.05) is 22.4 Å². The van der Waals surface area contributed by atoms with Gasteiger partial charge in [-0.25, -0.2) is 0 Å². The number of anilines is 1. The number of nitrogens with one attached hydrogen (secondary N) is 1. The van der Waals surface area contributed by atoms with Gasteiger partial charge in [0.2, 0.25) is 5.91 Å². The van der Waals surface area contributed by atoms with E-state index in [4.69, 9.17) is 4.74 Å². The highest BCUT2D eigenvalue weighted by molar-refractivity contribution is 6.05. The summed E-state index contributed by atoms with van der Waals surface area (Å²) in [6.45, 7) is 7.27. The standard InChI is InChI=1S/C18H21NO3/c1-11(2)17(20)19-15-9-10-16(22-18(21)12(3)4)14-8-6-5-7-13(14)15/h5-12H,1-4H3,(H,19,20). The van der Waals surface area contributed by atoms with Crippen molar-refractivity contribution >= 4 is 28.3 Å². The molecule has 0 spiro atoms. The fourth-order valence-electron chi connectivity index (χ4n) is 1.97. The molecule has 0 radical (unpaired) electrons. The molecule has 1 amide bonds. The summed E-state index contributed by atoms with van der Waals surface area (Å²) in [4.78, 5) is 23.7. The predicted octanol–water partition coefficient (Wildman–Crippen LogP) is 4.00. The van der Waals surface area contributed by atoms with Gasteiger partial charge in [-0.2, -0.15) is 0 Å². The highest BCUT2D eigenvalue weighted by atomic mass is 16.5. The number of carbonyl (C=O) groups is 2. The Bertz CT molecular complexity index is 644. The first-order chi connectivity index (χ1) is 10.4. The molecule has 0 aliphatic heterocycles. The molecule has 2 rings (SSSR count). The van der Waals surface area contributed by atoms with Gasteiger partial charge in [0.15, 0.2) is 0 Å². The van der Waals surface area contributed by atoms with Gasteiger partial charge in [-0.3, -0.25) is 9.59 Å². The molecule has 4 nitrogen and oxygen atoms in total. The van der Waals surface area contributed by atoms with Crippen LogP contribution < -0.4 is 10.1 Å². The molecule has 0 saturated heterocycles. The van der Waals surface area contributed by atoms with E-state index >= 15 is 0 Å². The smallest absolute Gasteiger partial charge is 0.313 e. The van der Waals surface area contributed by atoms with Crippen LogP contribution in [0.4, 0.5) is 5.69 Å². The van der Waals surface area contributed by atoms with Gasteiger partial charge >= 0.3 is 5.97 Å². The van der Waals surface area contributed by atoms with Crippen LogP contribution >= 0.6 is 0 Å². The molecule has 0 heterocycles. The van der Waals surface area contributed by atoms with Crippen molar-refractivity contribution in [2.75, 3.05) is 5.32 Å². The van der Waals surface area contributed by atoms with Crippen molar-refractivity contribution in [2.45, 2.75) is 27.7 Å². The summed E-state index contributed by atoms with van der Waals surface area (Å²) in [5.74, 6) is -0.102. The second-order valence-corrected chi connectivity index (χ2v) is 5.88. The minimum Gasteiger partial charge on any atom is -0.426 e. The lowest BCUT2D eigenvalue weighted by atomic mass is 10.1. The van der Waals surface area contributed by atoms with E-state index in [2.05, 4.69) is 5.32 Å². The van der Waals surface area contributed by atoms with E-state index in [-0.39, 0.29) is 23.7 Å². The monoisotopic (exact) mass is 299 g/mol. The maximum Gasteiger partial charge on any atom is 0.313 e. The Kier molecular flexibility index (Phi) is 4.81. The Morgan fingerprint density at radius 1 is 0.909 bits per heavy atom. The van der Waals surface area contributed by atoms with Gasteiger partial charge in [-0.15, -0.1) is 0 Å². The van der Waals surface area contributed by atoms with Crippen molar-refractivity contribution in [3.63, 3.8) is 0 Å². The molecular formula is C18H21NO3. The fraction of sp³-hybridized carbons (Fsp3) is 0.333. The van der Waals surface area contributed by atoms with Gasteiger partial charge in [0.1, 0.15) is 5.75 Å². The molecule has 0 aliphatic rings. The number of amides is 1. The Balaban J connectivity index is 2.43. The Morgan fingerprint density at radius 2 is 1.55 bits per heavy atom. The molecular weight excluding hydrogens is 278 g/mol. The van der Waals surface area contributed by atoms with Gasteiger partial charge in [-0.1, -0.05) is 52.0 Å². The SMILES string of the molecule is CC(C)C(=O)Nc1ccc(OC(=O)C(C)C)c2ccccc12. The normalized spacial score (nSPS) is 11.0. The second kappa shape index (κ2) is 6.60. The van der Waals surface area contributed by atoms with Crippen LogP contribution in [0.5, 0.6) is 5.75 Å². The molecule has 1 N–H and O–H groups in total. The van der Waals surface area contributed by atoms with E-state index < -0.39 is 0 Å². The minimum absolute atomic E-state index is 0.0444. The van der Waals surface area contributed by atoms with Crippen LogP contribution in [0.3, 0.4) is 0 Å². The number of fused-ring (bicyclic) bond motifs is 1. The van der Waals surface area contributed by atoms with Crippen LogP contribution in [-0.2, 0) is 9.59 Å². The number of benzene rings is 2. The third kappa shape index (κ3) is 3.45. The quantitative estimate of drug-likeness (QED) is 0.686. The van der Waals surface area contributed by atoms with E-state index in [1.807, 2.05) is 38.1 Å². The second-order valence-electron chi connectivity index (χ2n) is 5.88. The van der Waals surface area contributed by atoms with E-state index in [0.717, 1.165) is 16.5 Å². The van der Waals surface area contributed by atoms with E-state index in [9.17, 15) is 9.59 Å². The van der Waals surface area contributed by atoms with E-state index in [0.29, 0.717) is 5.75 Å². The summed E-state index contributed by atoms with van der Waals surface area (Å²) >= 11 is 0. The summed E-state index contributed by atoms with van der Waals surface area (Å²) < 4.78 is 5.44. The minimum atomic E-state index is -0.274. The molecule has 4 heteroatoms. The molecule has 0 bridgehead atoms. The van der Waals surface area contributed by atoms with Crippen molar-refractivity contribution in [3.05, 3.63) is 36.4 Å². The lowest BCUT2D eigenvalue weighted by Crippen LogP contribution is -2.18. The molecule has 2 aromatic rings. The summed E-state index contributed by atoms with van der Waals surface area (Å²) in [7, 11) is 0. The first kappa shape index (κ1) is 16.0. The van der Waals surface area contributed by atoms with Crippen LogP contribution in [0.25, 0.3) is 10.8 Å². The zero-order chi connectivity index (χ0) is 16.3. The predicted molar refractivity (Wildman–Crippen MR) is 87.9 cm³/mol. The number of esters is 1. The van der Waals surface area contributed by atoms with Crippen LogP contribution in [-0.4, -0.2) is 11.9 Å². The van der Waals surface area contributed by atoms with Crippen LogP contribution in [0.2, 0.25) is 0 Å². The Hall–Kier alpha value is -2.36. The highest BCUT2D eigenvalue weighted by Gasteiger charge is 2.15. The number of carbonyl (C=O) groups excluding carboxylic acids is 2. The largest absolute Gasteiger partial charge is 0.426 e. The molecule has 116 valence electrons. The molecule has 2 aromatic carbocycles. The van der Waals surface area contributed by atoms with Gasteiger partial charge in [0.05, 0.1) is 5.92 Å². The Morgan fingerprint density at radius 3 is 2.14 bits per heavy atom. The zero-order valence-electron chi connectivity index (χ0n) is 13.3. The maximum atomic E-state index is 11.9. The Labute approximate surface area is 130 Å². The fourth-order valence-corrected chi connectivity index (χ4v) is 1.97. The molecule has 0 unspecified atom stereocenters. The zero-order valence-corrected chi connectivity index (χ0v) is 13.3. The third-order valence-corrected chi connectivity index (χ3v) is 3.35. The van der Waals surface area contributed by atoms with E-state index in [1.54, 1.807) is 26.0 Å². The molecule has 0 aliphatic carbocycles. The topological polar surface area (TPSA) is 55.4 Å². The first-order valence-corrected chi connectivity index (χ1v) is 7.44. The van der Waals surface area contributed by atoms with Crippen LogP contribution in [0, 0.1) is 11.8 Å². The molecule has 0 fully saturated rings. The van der Waals surface area contributed by atoms with Crippen LogP contribution in [0.15, 0.2) is 36.4 Å². The number of hydrogen-bond acceptors (Lipinski definition) is 3. The maximum absolute atomic E-state index is 11.9. The molecule has 0 aromatic heterocycles. The van der Waals surface area contributed by atoms with Crippen molar-refractivity contribution in [1.82, 2.24) is 0 Å². The van der Waals surface area contributed by atoms with Gasteiger partial charge in [0.25, 0.3) is 0 Å². The molecule has 0 atom stereocenters. The average molecular weight is 299 g/mol. The van der Waals surface area contributed by atoms with E-state index in [1.165, 1.54) is 0 Å². The lowest BCUT2D eigenvalue weighted by Gasteiger charge is -2.14. The summed E-state index contributed by atoms with van der Waals surface area (Å²) in [6.07, 6.45) is 0. The number of ether oxygens (including phenoxy) is 1. The van der Waals surface area contributed by atoms with Crippen molar-refractivity contribution in [1.29, 1.82) is 0 Å². The number of rotatable bonds is 4. The van der Waals surface area contributed by atoms with Crippen LogP contribution in [0.1, 0.15) is 27.7 Å². The lowest BCUT2D eigenvalue weighted by molar-refractivity contribution is -0.137.